The summed E-state index contributed by atoms with van der Waals surface area (Å²) in [6, 6.07) is 13.4. The van der Waals surface area contributed by atoms with Gasteiger partial charge >= 0.3 is 0 Å². The van der Waals surface area contributed by atoms with Crippen LogP contribution < -0.4 is 0 Å². The third-order valence-electron chi connectivity index (χ3n) is 4.25. The van der Waals surface area contributed by atoms with Crippen LogP contribution in [-0.2, 0) is 28.0 Å². The van der Waals surface area contributed by atoms with Crippen molar-refractivity contribution in [2.75, 3.05) is 33.4 Å². The van der Waals surface area contributed by atoms with Crippen molar-refractivity contribution in [3.05, 3.63) is 58.9 Å². The number of pyridine rings is 1. The zero-order chi connectivity index (χ0) is 18.6. The first kappa shape index (κ1) is 19.2. The van der Waals surface area contributed by atoms with Crippen LogP contribution in [0.15, 0.2) is 53.6 Å². The number of rotatable bonds is 6. The predicted octanol–water partition coefficient (Wildman–Crippen LogP) is 2.33. The first-order valence-corrected chi connectivity index (χ1v) is 10.3. The quantitative estimate of drug-likeness (QED) is 0.705. The van der Waals surface area contributed by atoms with Gasteiger partial charge in [0.25, 0.3) is 0 Å². The Morgan fingerprint density at radius 2 is 1.81 bits per heavy atom. The molecule has 140 valence electrons. The second-order valence-corrected chi connectivity index (χ2v) is 8.69. The van der Waals surface area contributed by atoms with Crippen LogP contribution in [0.3, 0.4) is 0 Å². The van der Waals surface area contributed by atoms with E-state index in [9.17, 15) is 8.42 Å². The number of aromatic nitrogens is 1. The first-order chi connectivity index (χ1) is 12.5. The normalized spacial score (nSPS) is 16.1. The maximum Gasteiger partial charge on any atom is 0.244 e. The van der Waals surface area contributed by atoms with E-state index < -0.39 is 10.0 Å². The maximum absolute atomic E-state index is 12.8. The summed E-state index contributed by atoms with van der Waals surface area (Å²) < 4.78 is 34.8. The number of benzene rings is 1. The molecule has 0 radical (unpaired) electrons. The van der Waals surface area contributed by atoms with E-state index >= 15 is 0 Å². The summed E-state index contributed by atoms with van der Waals surface area (Å²) in [5, 5.41) is 0. The van der Waals surface area contributed by atoms with Gasteiger partial charge in [0, 0.05) is 25.8 Å². The van der Waals surface area contributed by atoms with Gasteiger partial charge in [0.2, 0.25) is 10.0 Å². The molecule has 0 unspecified atom stereocenters. The van der Waals surface area contributed by atoms with Crippen LogP contribution in [0, 0.1) is 4.64 Å². The lowest BCUT2D eigenvalue weighted by Gasteiger charge is -2.26. The number of sulfonamides is 1. The molecule has 1 aromatic carbocycles. The van der Waals surface area contributed by atoms with E-state index in [4.69, 9.17) is 17.0 Å². The van der Waals surface area contributed by atoms with Gasteiger partial charge in [-0.1, -0.05) is 42.5 Å². The zero-order valence-electron chi connectivity index (χ0n) is 14.7. The molecule has 26 heavy (non-hydrogen) atoms. The highest BCUT2D eigenvalue weighted by atomic mass is 32.2. The lowest BCUT2D eigenvalue weighted by Crippen LogP contribution is -2.40. The molecule has 1 aliphatic heterocycles. The molecule has 1 fully saturated rings. The van der Waals surface area contributed by atoms with Crippen molar-refractivity contribution in [1.29, 1.82) is 0 Å². The lowest BCUT2D eigenvalue weighted by molar-refractivity contribution is 0.0730. The summed E-state index contributed by atoms with van der Waals surface area (Å²) >= 11 is 5.38. The third kappa shape index (κ3) is 4.57. The largest absolute Gasteiger partial charge is 0.379 e. The average molecular weight is 394 g/mol. The molecule has 3 rings (SSSR count). The van der Waals surface area contributed by atoms with Crippen molar-refractivity contribution in [2.45, 2.75) is 18.1 Å². The summed E-state index contributed by atoms with van der Waals surface area (Å²) in [6.45, 7) is 2.89. The van der Waals surface area contributed by atoms with E-state index in [1.807, 2.05) is 25.2 Å². The molecule has 0 aliphatic carbocycles. The SMILES string of the molecule is CN(Cc1ccccc1)Cn1cc(S(=O)(=O)N2CCOCC2)ccc1=S. The van der Waals surface area contributed by atoms with Crippen molar-refractivity contribution < 1.29 is 13.2 Å². The first-order valence-electron chi connectivity index (χ1n) is 8.48. The third-order valence-corrected chi connectivity index (χ3v) is 6.51. The minimum absolute atomic E-state index is 0.265. The number of ether oxygens (including phenoxy) is 1. The molecule has 6 nitrogen and oxygen atoms in total. The molecular formula is C18H23N3O3S2. The highest BCUT2D eigenvalue weighted by Crippen LogP contribution is 2.17. The molecule has 0 amide bonds. The predicted molar refractivity (Wildman–Crippen MR) is 103 cm³/mol. The molecule has 2 heterocycles. The molecule has 0 atom stereocenters. The average Bonchev–Trinajstić information content (AvgIpc) is 2.65. The second-order valence-electron chi connectivity index (χ2n) is 6.33. The van der Waals surface area contributed by atoms with E-state index in [0.717, 1.165) is 6.54 Å². The molecule has 1 aromatic heterocycles. The van der Waals surface area contributed by atoms with Crippen LogP contribution in [0.25, 0.3) is 0 Å². The number of hydrogen-bond donors (Lipinski definition) is 0. The Morgan fingerprint density at radius 1 is 1.12 bits per heavy atom. The summed E-state index contributed by atoms with van der Waals surface area (Å²) in [5.41, 5.74) is 1.19. The van der Waals surface area contributed by atoms with Gasteiger partial charge in [0.1, 0.15) is 4.64 Å². The van der Waals surface area contributed by atoms with Crippen LogP contribution in [0.2, 0.25) is 0 Å². The number of hydrogen-bond acceptors (Lipinski definition) is 5. The van der Waals surface area contributed by atoms with Crippen LogP contribution in [0.5, 0.6) is 0 Å². The summed E-state index contributed by atoms with van der Waals surface area (Å²) in [5.74, 6) is 0. The smallest absolute Gasteiger partial charge is 0.244 e. The molecule has 0 bridgehead atoms. The van der Waals surface area contributed by atoms with E-state index in [-0.39, 0.29) is 4.90 Å². The Hall–Kier alpha value is -1.58. The van der Waals surface area contributed by atoms with Crippen LogP contribution in [0.4, 0.5) is 0 Å². The maximum atomic E-state index is 12.8. The summed E-state index contributed by atoms with van der Waals surface area (Å²) in [4.78, 5) is 2.36. The van der Waals surface area contributed by atoms with Crippen LogP contribution in [0.1, 0.15) is 5.56 Å². The van der Waals surface area contributed by atoms with Gasteiger partial charge in [-0.05, 0) is 24.7 Å². The zero-order valence-corrected chi connectivity index (χ0v) is 16.4. The molecular weight excluding hydrogens is 370 g/mol. The fourth-order valence-corrected chi connectivity index (χ4v) is 4.52. The van der Waals surface area contributed by atoms with Crippen molar-refractivity contribution in [1.82, 2.24) is 13.8 Å². The molecule has 1 saturated heterocycles. The van der Waals surface area contributed by atoms with Gasteiger partial charge in [0.15, 0.2) is 0 Å². The summed E-state index contributed by atoms with van der Waals surface area (Å²) in [7, 11) is -1.54. The molecule has 0 saturated carbocycles. The van der Waals surface area contributed by atoms with Gasteiger partial charge in [-0.2, -0.15) is 4.31 Å². The molecule has 0 spiro atoms. The Morgan fingerprint density at radius 3 is 2.50 bits per heavy atom. The molecule has 8 heteroatoms. The minimum atomic E-state index is -3.53. The van der Waals surface area contributed by atoms with E-state index in [0.29, 0.717) is 37.6 Å². The highest BCUT2D eigenvalue weighted by Gasteiger charge is 2.26. The minimum Gasteiger partial charge on any atom is -0.379 e. The number of morpholine rings is 1. The topological polar surface area (TPSA) is 54.8 Å². The van der Waals surface area contributed by atoms with Gasteiger partial charge in [-0.3, -0.25) is 4.90 Å². The van der Waals surface area contributed by atoms with Crippen molar-refractivity contribution in [3.63, 3.8) is 0 Å². The Labute approximate surface area is 159 Å². The van der Waals surface area contributed by atoms with E-state index in [2.05, 4.69) is 17.0 Å². The second kappa shape index (κ2) is 8.41. The molecule has 2 aromatic rings. The van der Waals surface area contributed by atoms with Crippen molar-refractivity contribution >= 4 is 22.2 Å². The highest BCUT2D eigenvalue weighted by molar-refractivity contribution is 7.89. The molecule has 0 N–H and O–H groups in total. The van der Waals surface area contributed by atoms with E-state index in [1.165, 1.54) is 9.87 Å². The lowest BCUT2D eigenvalue weighted by atomic mass is 10.2. The monoisotopic (exact) mass is 393 g/mol. The van der Waals surface area contributed by atoms with E-state index in [1.54, 1.807) is 22.9 Å². The fourth-order valence-electron chi connectivity index (χ4n) is 2.91. The van der Waals surface area contributed by atoms with Crippen molar-refractivity contribution in [2.24, 2.45) is 0 Å². The van der Waals surface area contributed by atoms with Gasteiger partial charge < -0.3 is 9.30 Å². The van der Waals surface area contributed by atoms with Crippen LogP contribution >= 0.6 is 12.2 Å². The van der Waals surface area contributed by atoms with Crippen LogP contribution in [-0.4, -0.2) is 55.5 Å². The fraction of sp³-hybridized carbons (Fsp3) is 0.389. The summed E-state index contributed by atoms with van der Waals surface area (Å²) in [6.07, 6.45) is 1.63. The van der Waals surface area contributed by atoms with Gasteiger partial charge in [-0.25, -0.2) is 8.42 Å². The standard InChI is InChI=1S/C18H23N3O3S2/c1-19(13-16-5-3-2-4-6-16)15-20-14-17(7-8-18(20)25)26(22,23)21-9-11-24-12-10-21/h2-8,14H,9-13,15H2,1H3. The Balaban J connectivity index is 1.78. The van der Waals surface area contributed by atoms with Crippen molar-refractivity contribution in [3.8, 4) is 0 Å². The van der Waals surface area contributed by atoms with Gasteiger partial charge in [0.05, 0.1) is 24.8 Å². The van der Waals surface area contributed by atoms with Gasteiger partial charge in [-0.15, -0.1) is 0 Å². The molecule has 1 aliphatic rings. The Bertz CT molecular complexity index is 891. The number of nitrogens with zero attached hydrogens (tertiary/aromatic N) is 3. The Kier molecular flexibility index (Phi) is 6.20.